The molecule has 0 spiro atoms. The molecular formula is C34H22N8O2. The zero-order chi connectivity index (χ0) is 29.3. The van der Waals surface area contributed by atoms with E-state index in [4.69, 9.17) is 8.83 Å². The van der Waals surface area contributed by atoms with Gasteiger partial charge in [0.05, 0.1) is 12.7 Å². The fourth-order valence-corrected chi connectivity index (χ4v) is 4.90. The summed E-state index contributed by atoms with van der Waals surface area (Å²) in [6.07, 6.45) is 10.8. The molecule has 0 amide bonds. The summed E-state index contributed by atoms with van der Waals surface area (Å²) < 4.78 is 15.8. The Morgan fingerprint density at radius 1 is 0.364 bits per heavy atom. The van der Waals surface area contributed by atoms with Crippen molar-refractivity contribution >= 4 is 0 Å². The third kappa shape index (κ3) is 4.86. The number of rotatable bonds is 7. The van der Waals surface area contributed by atoms with Crippen LogP contribution >= 0.6 is 0 Å². The average molecular weight is 575 g/mol. The third-order valence-electron chi connectivity index (χ3n) is 7.28. The molecule has 8 aromatic rings. The summed E-state index contributed by atoms with van der Waals surface area (Å²) in [5, 5.41) is 17.0. The molecule has 0 saturated heterocycles. The zero-order valence-electron chi connectivity index (χ0n) is 23.1. The molecule has 0 unspecified atom stereocenters. The summed E-state index contributed by atoms with van der Waals surface area (Å²) in [5.74, 6) is 1.85. The van der Waals surface area contributed by atoms with Crippen molar-refractivity contribution in [2.75, 3.05) is 0 Å². The van der Waals surface area contributed by atoms with Gasteiger partial charge < -0.3 is 18.0 Å². The quantitative estimate of drug-likeness (QED) is 0.197. The highest BCUT2D eigenvalue weighted by Crippen LogP contribution is 2.30. The average Bonchev–Trinajstić information content (AvgIpc) is 3.93. The molecule has 0 radical (unpaired) electrons. The van der Waals surface area contributed by atoms with Crippen molar-refractivity contribution in [3.8, 4) is 68.3 Å². The van der Waals surface area contributed by atoms with E-state index in [1.165, 1.54) is 0 Å². The van der Waals surface area contributed by atoms with Gasteiger partial charge in [-0.15, -0.1) is 20.4 Å². The van der Waals surface area contributed by atoms with Crippen molar-refractivity contribution in [1.29, 1.82) is 0 Å². The van der Waals surface area contributed by atoms with E-state index in [0.29, 0.717) is 23.6 Å². The van der Waals surface area contributed by atoms with Crippen LogP contribution in [0.1, 0.15) is 0 Å². The van der Waals surface area contributed by atoms with E-state index >= 15 is 0 Å². The lowest BCUT2D eigenvalue weighted by Gasteiger charge is -2.04. The van der Waals surface area contributed by atoms with E-state index in [1.807, 2.05) is 119 Å². The van der Waals surface area contributed by atoms with Crippen LogP contribution in [0.2, 0.25) is 0 Å². The molecule has 0 N–H and O–H groups in total. The summed E-state index contributed by atoms with van der Waals surface area (Å²) in [6.45, 7) is 0. The van der Waals surface area contributed by atoms with Crippen molar-refractivity contribution in [3.63, 3.8) is 0 Å². The molecule has 44 heavy (non-hydrogen) atoms. The molecular weight excluding hydrogens is 552 g/mol. The van der Waals surface area contributed by atoms with Crippen LogP contribution in [-0.4, -0.2) is 39.5 Å². The number of nitrogens with zero attached hydrogens (tertiary/aromatic N) is 8. The number of aromatic nitrogens is 8. The first-order valence-corrected chi connectivity index (χ1v) is 13.8. The van der Waals surface area contributed by atoms with Gasteiger partial charge in [-0.2, -0.15) is 0 Å². The molecule has 210 valence electrons. The van der Waals surface area contributed by atoms with E-state index in [1.54, 1.807) is 25.0 Å². The van der Waals surface area contributed by atoms with Gasteiger partial charge in [0.1, 0.15) is 0 Å². The lowest BCUT2D eigenvalue weighted by molar-refractivity contribution is 0.584. The maximum absolute atomic E-state index is 5.98. The second-order valence-corrected chi connectivity index (χ2v) is 10.0. The first kappa shape index (κ1) is 25.3. The van der Waals surface area contributed by atoms with Gasteiger partial charge >= 0.3 is 0 Å². The van der Waals surface area contributed by atoms with Crippen LogP contribution in [0.4, 0.5) is 0 Å². The smallest absolute Gasteiger partial charge is 0.248 e. The van der Waals surface area contributed by atoms with Crippen molar-refractivity contribution in [2.45, 2.75) is 0 Å². The molecule has 4 aromatic carbocycles. The maximum atomic E-state index is 5.98. The Hall–Kier alpha value is -6.42. The Balaban J connectivity index is 0.951. The molecule has 0 aliphatic heterocycles. The number of hydrogen-bond acceptors (Lipinski definition) is 8. The number of imidazole rings is 2. The van der Waals surface area contributed by atoms with Gasteiger partial charge in [-0.25, -0.2) is 9.97 Å². The molecule has 4 aromatic heterocycles. The predicted octanol–water partition coefficient (Wildman–Crippen LogP) is 7.16. The standard InChI is InChI=1S/C34H22N8O2/c1-5-25(31-37-39-33(43-31)27-9-13-29(14-10-27)41-19-17-35-21-41)6-2-23(1)24-3-7-26(8-4-24)32-38-40-34(44-32)28-11-15-30(16-12-28)42-20-18-36-22-42/h1-22H. The molecule has 4 heterocycles. The van der Waals surface area contributed by atoms with Crippen LogP contribution in [-0.2, 0) is 0 Å². The summed E-state index contributed by atoms with van der Waals surface area (Å²) >= 11 is 0. The summed E-state index contributed by atoms with van der Waals surface area (Å²) in [6, 6.07) is 31.8. The molecule has 10 heteroatoms. The molecule has 0 saturated carbocycles. The highest BCUT2D eigenvalue weighted by Gasteiger charge is 2.13. The van der Waals surface area contributed by atoms with Crippen molar-refractivity contribution in [1.82, 2.24) is 39.5 Å². The summed E-state index contributed by atoms with van der Waals surface area (Å²) in [5.41, 5.74) is 7.50. The number of benzene rings is 4. The lowest BCUT2D eigenvalue weighted by atomic mass is 10.0. The summed E-state index contributed by atoms with van der Waals surface area (Å²) in [4.78, 5) is 8.18. The third-order valence-corrected chi connectivity index (χ3v) is 7.28. The molecule has 10 nitrogen and oxygen atoms in total. The molecule has 0 bridgehead atoms. The van der Waals surface area contributed by atoms with Gasteiger partial charge in [0.25, 0.3) is 0 Å². The molecule has 0 atom stereocenters. The van der Waals surface area contributed by atoms with Crippen LogP contribution in [0.5, 0.6) is 0 Å². The predicted molar refractivity (Wildman–Crippen MR) is 164 cm³/mol. The van der Waals surface area contributed by atoms with E-state index in [9.17, 15) is 0 Å². The first-order chi connectivity index (χ1) is 21.8. The summed E-state index contributed by atoms with van der Waals surface area (Å²) in [7, 11) is 0. The van der Waals surface area contributed by atoms with Crippen molar-refractivity contribution in [2.24, 2.45) is 0 Å². The topological polar surface area (TPSA) is 113 Å². The second-order valence-electron chi connectivity index (χ2n) is 10.0. The van der Waals surface area contributed by atoms with E-state index in [2.05, 4.69) is 30.4 Å². The van der Waals surface area contributed by atoms with Crippen LogP contribution in [0.15, 0.2) is 143 Å². The van der Waals surface area contributed by atoms with Gasteiger partial charge in [-0.1, -0.05) is 24.3 Å². The minimum Gasteiger partial charge on any atom is -0.416 e. The Kier molecular flexibility index (Phi) is 6.19. The van der Waals surface area contributed by atoms with Gasteiger partial charge in [0, 0.05) is 58.4 Å². The highest BCUT2D eigenvalue weighted by atomic mass is 16.4. The van der Waals surface area contributed by atoms with E-state index in [-0.39, 0.29) is 0 Å². The van der Waals surface area contributed by atoms with Crippen molar-refractivity contribution in [3.05, 3.63) is 135 Å². The van der Waals surface area contributed by atoms with Crippen LogP contribution in [0.25, 0.3) is 68.3 Å². The van der Waals surface area contributed by atoms with Gasteiger partial charge in [-0.05, 0) is 83.9 Å². The fraction of sp³-hybridized carbons (Fsp3) is 0. The Labute approximate surface area is 251 Å². The minimum atomic E-state index is 0.462. The molecule has 0 aliphatic carbocycles. The second kappa shape index (κ2) is 10.8. The highest BCUT2D eigenvalue weighted by molar-refractivity contribution is 5.70. The number of hydrogen-bond donors (Lipinski definition) is 0. The van der Waals surface area contributed by atoms with Crippen LogP contribution in [0.3, 0.4) is 0 Å². The van der Waals surface area contributed by atoms with Crippen molar-refractivity contribution < 1.29 is 8.83 Å². The maximum Gasteiger partial charge on any atom is 0.248 e. The van der Waals surface area contributed by atoms with Crippen LogP contribution < -0.4 is 0 Å². The van der Waals surface area contributed by atoms with E-state index in [0.717, 1.165) is 44.8 Å². The van der Waals surface area contributed by atoms with Gasteiger partial charge in [0.15, 0.2) is 0 Å². The van der Waals surface area contributed by atoms with Crippen LogP contribution in [0, 0.1) is 0 Å². The Morgan fingerprint density at radius 3 is 0.955 bits per heavy atom. The first-order valence-electron chi connectivity index (χ1n) is 13.8. The minimum absolute atomic E-state index is 0.462. The normalized spacial score (nSPS) is 11.2. The zero-order valence-corrected chi connectivity index (χ0v) is 23.1. The fourth-order valence-electron chi connectivity index (χ4n) is 4.90. The monoisotopic (exact) mass is 574 g/mol. The lowest BCUT2D eigenvalue weighted by Crippen LogP contribution is -1.89. The Morgan fingerprint density at radius 2 is 0.659 bits per heavy atom. The molecule has 0 aliphatic rings. The SMILES string of the molecule is c1cn(-c2ccc(-c3nnc(-c4ccc(-c5ccc(-c6nnc(-c7ccc(-n8ccnc8)cc7)o6)cc5)cc4)o3)cc2)cn1. The van der Waals surface area contributed by atoms with Gasteiger partial charge in [-0.3, -0.25) is 0 Å². The molecule has 8 rings (SSSR count). The Bertz CT molecular complexity index is 1970. The molecule has 0 fully saturated rings. The van der Waals surface area contributed by atoms with E-state index < -0.39 is 0 Å². The van der Waals surface area contributed by atoms with Gasteiger partial charge in [0.2, 0.25) is 23.6 Å². The largest absolute Gasteiger partial charge is 0.416 e.